The van der Waals surface area contributed by atoms with Gasteiger partial charge in [-0.3, -0.25) is 0 Å². The predicted octanol–water partition coefficient (Wildman–Crippen LogP) is 2.09. The first kappa shape index (κ1) is 8.87. The van der Waals surface area contributed by atoms with Gasteiger partial charge in [-0.25, -0.2) is 0 Å². The highest BCUT2D eigenvalue weighted by atomic mass is 16.4. The van der Waals surface area contributed by atoms with Crippen LogP contribution < -0.4 is 10.6 Å². The van der Waals surface area contributed by atoms with Crippen molar-refractivity contribution >= 4 is 17.1 Å². The topological polar surface area (TPSA) is 56.7 Å². The fourth-order valence-corrected chi connectivity index (χ4v) is 1.55. The van der Waals surface area contributed by atoms with Gasteiger partial charge in [-0.05, 0) is 26.0 Å². The van der Waals surface area contributed by atoms with E-state index in [1.807, 2.05) is 31.2 Å². The summed E-state index contributed by atoms with van der Waals surface area (Å²) in [6.07, 6.45) is 0. The van der Waals surface area contributed by atoms with Crippen molar-refractivity contribution in [2.75, 3.05) is 10.6 Å². The summed E-state index contributed by atoms with van der Waals surface area (Å²) in [6, 6.07) is 7.89. The molecule has 0 bridgehead atoms. The van der Waals surface area contributed by atoms with Crippen LogP contribution in [0.1, 0.15) is 13.8 Å². The van der Waals surface area contributed by atoms with Crippen molar-refractivity contribution in [2.24, 2.45) is 5.16 Å². The zero-order valence-electron chi connectivity index (χ0n) is 8.20. The standard InChI is InChI=1S/C10H13N3O/c1-7(13-14)10(2)11-8-5-3-4-6-9(8)12-10/h3-6,11-12,14H,1-2H3/b13-7+. The summed E-state index contributed by atoms with van der Waals surface area (Å²) in [6.45, 7) is 3.70. The number of benzene rings is 1. The van der Waals surface area contributed by atoms with E-state index in [1.54, 1.807) is 6.92 Å². The minimum absolute atomic E-state index is 0.488. The highest BCUT2D eigenvalue weighted by Crippen LogP contribution is 2.33. The minimum atomic E-state index is -0.488. The molecule has 0 fully saturated rings. The first-order valence-corrected chi connectivity index (χ1v) is 4.50. The van der Waals surface area contributed by atoms with Crippen molar-refractivity contribution in [1.29, 1.82) is 0 Å². The number of nitrogens with one attached hydrogen (secondary N) is 2. The normalized spacial score (nSPS) is 18.3. The maximum atomic E-state index is 8.75. The summed E-state index contributed by atoms with van der Waals surface area (Å²) in [7, 11) is 0. The smallest absolute Gasteiger partial charge is 0.148 e. The SMILES string of the molecule is C/C(=N\O)C1(C)Nc2ccccc2N1. The largest absolute Gasteiger partial charge is 0.411 e. The van der Waals surface area contributed by atoms with Gasteiger partial charge in [-0.15, -0.1) is 0 Å². The van der Waals surface area contributed by atoms with Gasteiger partial charge in [0.05, 0.1) is 17.1 Å². The molecule has 1 aromatic rings. The van der Waals surface area contributed by atoms with Gasteiger partial charge in [-0.1, -0.05) is 17.3 Å². The zero-order chi connectivity index (χ0) is 10.2. The summed E-state index contributed by atoms with van der Waals surface area (Å²) < 4.78 is 0. The van der Waals surface area contributed by atoms with Crippen molar-refractivity contribution in [3.8, 4) is 0 Å². The van der Waals surface area contributed by atoms with Crippen LogP contribution in [0.5, 0.6) is 0 Å². The lowest BCUT2D eigenvalue weighted by Crippen LogP contribution is -2.45. The second kappa shape index (κ2) is 2.90. The third-order valence-electron chi connectivity index (χ3n) is 2.57. The lowest BCUT2D eigenvalue weighted by atomic mass is 10.1. The van der Waals surface area contributed by atoms with E-state index in [9.17, 15) is 0 Å². The Morgan fingerprint density at radius 2 is 1.79 bits per heavy atom. The van der Waals surface area contributed by atoms with Gasteiger partial charge in [0.15, 0.2) is 0 Å². The van der Waals surface area contributed by atoms with Gasteiger partial charge in [0.25, 0.3) is 0 Å². The van der Waals surface area contributed by atoms with Crippen LogP contribution in [0.25, 0.3) is 0 Å². The van der Waals surface area contributed by atoms with E-state index in [-0.39, 0.29) is 0 Å². The van der Waals surface area contributed by atoms with E-state index < -0.39 is 5.66 Å². The van der Waals surface area contributed by atoms with Crippen LogP contribution >= 0.6 is 0 Å². The Morgan fingerprint density at radius 1 is 1.29 bits per heavy atom. The molecule has 14 heavy (non-hydrogen) atoms. The summed E-state index contributed by atoms with van der Waals surface area (Å²) in [5, 5.41) is 18.5. The third-order valence-corrected chi connectivity index (χ3v) is 2.57. The molecule has 0 aliphatic carbocycles. The average Bonchev–Trinajstić information content (AvgIpc) is 2.54. The number of fused-ring (bicyclic) bond motifs is 1. The van der Waals surface area contributed by atoms with Crippen molar-refractivity contribution < 1.29 is 5.21 Å². The van der Waals surface area contributed by atoms with Crippen LogP contribution in [-0.4, -0.2) is 16.6 Å². The highest BCUT2D eigenvalue weighted by Gasteiger charge is 2.34. The fourth-order valence-electron chi connectivity index (χ4n) is 1.55. The lowest BCUT2D eigenvalue weighted by Gasteiger charge is -2.24. The molecule has 4 heteroatoms. The molecule has 1 aliphatic heterocycles. The zero-order valence-corrected chi connectivity index (χ0v) is 8.20. The average molecular weight is 191 g/mol. The Balaban J connectivity index is 2.35. The van der Waals surface area contributed by atoms with Crippen molar-refractivity contribution in [3.05, 3.63) is 24.3 Å². The molecule has 0 saturated carbocycles. The number of oxime groups is 1. The van der Waals surface area contributed by atoms with E-state index in [4.69, 9.17) is 5.21 Å². The first-order chi connectivity index (χ1) is 6.65. The molecule has 0 unspecified atom stereocenters. The molecule has 1 heterocycles. The lowest BCUT2D eigenvalue weighted by molar-refractivity contribution is 0.315. The van der Waals surface area contributed by atoms with E-state index in [0.717, 1.165) is 11.4 Å². The van der Waals surface area contributed by atoms with Crippen LogP contribution in [0.15, 0.2) is 29.4 Å². The first-order valence-electron chi connectivity index (χ1n) is 4.50. The minimum Gasteiger partial charge on any atom is -0.411 e. The Kier molecular flexibility index (Phi) is 1.84. The van der Waals surface area contributed by atoms with Crippen molar-refractivity contribution in [2.45, 2.75) is 19.5 Å². The summed E-state index contributed by atoms with van der Waals surface area (Å²) in [4.78, 5) is 0. The molecular weight excluding hydrogens is 178 g/mol. The second-order valence-electron chi connectivity index (χ2n) is 3.61. The molecular formula is C10H13N3O. The number of anilines is 2. The van der Waals surface area contributed by atoms with Crippen LogP contribution in [0.2, 0.25) is 0 Å². The van der Waals surface area contributed by atoms with Crippen LogP contribution in [0.4, 0.5) is 11.4 Å². The Hall–Kier alpha value is -1.71. The van der Waals surface area contributed by atoms with Gasteiger partial charge in [0.1, 0.15) is 5.66 Å². The molecule has 74 valence electrons. The molecule has 2 rings (SSSR count). The number of hydrogen-bond acceptors (Lipinski definition) is 4. The van der Waals surface area contributed by atoms with Crippen LogP contribution in [0.3, 0.4) is 0 Å². The van der Waals surface area contributed by atoms with Gasteiger partial charge >= 0.3 is 0 Å². The van der Waals surface area contributed by atoms with Crippen LogP contribution in [-0.2, 0) is 0 Å². The molecule has 1 aromatic carbocycles. The van der Waals surface area contributed by atoms with Gasteiger partial charge in [0, 0.05) is 0 Å². The molecule has 0 amide bonds. The number of nitrogens with zero attached hydrogens (tertiary/aromatic N) is 1. The Labute approximate surface area is 82.6 Å². The molecule has 0 radical (unpaired) electrons. The quantitative estimate of drug-likeness (QED) is 0.362. The maximum absolute atomic E-state index is 8.75. The molecule has 0 atom stereocenters. The third kappa shape index (κ3) is 1.19. The number of hydrogen-bond donors (Lipinski definition) is 3. The number of para-hydroxylation sites is 2. The van der Waals surface area contributed by atoms with Crippen molar-refractivity contribution in [1.82, 2.24) is 0 Å². The molecule has 0 saturated heterocycles. The summed E-state index contributed by atoms with van der Waals surface area (Å²) in [5.74, 6) is 0. The Morgan fingerprint density at radius 3 is 2.21 bits per heavy atom. The highest BCUT2D eigenvalue weighted by molar-refractivity contribution is 5.99. The maximum Gasteiger partial charge on any atom is 0.148 e. The summed E-state index contributed by atoms with van der Waals surface area (Å²) >= 11 is 0. The summed E-state index contributed by atoms with van der Waals surface area (Å²) in [5.41, 5.74) is 2.17. The van der Waals surface area contributed by atoms with Gasteiger partial charge < -0.3 is 15.8 Å². The van der Waals surface area contributed by atoms with Gasteiger partial charge in [0.2, 0.25) is 0 Å². The monoisotopic (exact) mass is 191 g/mol. The van der Waals surface area contributed by atoms with E-state index in [2.05, 4.69) is 15.8 Å². The Bertz CT molecular complexity index is 362. The van der Waals surface area contributed by atoms with E-state index >= 15 is 0 Å². The van der Waals surface area contributed by atoms with E-state index in [0.29, 0.717) is 5.71 Å². The van der Waals surface area contributed by atoms with E-state index in [1.165, 1.54) is 0 Å². The second-order valence-corrected chi connectivity index (χ2v) is 3.61. The molecule has 4 nitrogen and oxygen atoms in total. The molecule has 0 spiro atoms. The van der Waals surface area contributed by atoms with Crippen LogP contribution in [0, 0.1) is 0 Å². The predicted molar refractivity (Wildman–Crippen MR) is 57.0 cm³/mol. The molecule has 0 aromatic heterocycles. The fraction of sp³-hybridized carbons (Fsp3) is 0.300. The number of rotatable bonds is 1. The van der Waals surface area contributed by atoms with Crippen molar-refractivity contribution in [3.63, 3.8) is 0 Å². The molecule has 3 N–H and O–H groups in total. The van der Waals surface area contributed by atoms with Gasteiger partial charge in [-0.2, -0.15) is 0 Å². The molecule has 1 aliphatic rings.